The van der Waals surface area contributed by atoms with Gasteiger partial charge in [-0.1, -0.05) is 77.2 Å². The van der Waals surface area contributed by atoms with Crippen molar-refractivity contribution in [1.82, 2.24) is 0 Å². The summed E-state index contributed by atoms with van der Waals surface area (Å²) >= 11 is 1.82. The van der Waals surface area contributed by atoms with Gasteiger partial charge in [-0.15, -0.1) is 11.8 Å². The van der Waals surface area contributed by atoms with Gasteiger partial charge in [-0.05, 0) is 18.2 Å². The number of hydrogen-bond donors (Lipinski definition) is 1. The van der Waals surface area contributed by atoms with Crippen LogP contribution in [0.3, 0.4) is 0 Å². The second kappa shape index (κ2) is 9.91. The summed E-state index contributed by atoms with van der Waals surface area (Å²) in [6.45, 7) is 2.28. The Morgan fingerprint density at radius 1 is 0.944 bits per heavy atom. The zero-order valence-corrected chi connectivity index (χ0v) is 12.9. The van der Waals surface area contributed by atoms with Gasteiger partial charge >= 0.3 is 0 Å². The van der Waals surface area contributed by atoms with E-state index in [1.807, 2.05) is 11.8 Å². The zero-order valence-electron chi connectivity index (χ0n) is 12.1. The van der Waals surface area contributed by atoms with Crippen LogP contribution >= 0.6 is 11.8 Å². The molecule has 0 aromatic heterocycles. The molecule has 0 saturated carbocycles. The SMILES string of the molecule is CCCCCCCCCCCCC1(N)CC=CS1. The molecule has 1 nitrogen and oxygen atoms in total. The summed E-state index contributed by atoms with van der Waals surface area (Å²) in [6.07, 6.45) is 18.5. The van der Waals surface area contributed by atoms with Crippen molar-refractivity contribution < 1.29 is 0 Å². The third-order valence-electron chi connectivity index (χ3n) is 3.82. The molecule has 0 radical (unpaired) electrons. The van der Waals surface area contributed by atoms with Gasteiger partial charge in [-0.2, -0.15) is 0 Å². The van der Waals surface area contributed by atoms with Crippen molar-refractivity contribution in [3.05, 3.63) is 11.5 Å². The maximum absolute atomic E-state index is 6.27. The first-order valence-electron chi connectivity index (χ1n) is 7.88. The monoisotopic (exact) mass is 269 g/mol. The highest BCUT2D eigenvalue weighted by Gasteiger charge is 2.25. The lowest BCUT2D eigenvalue weighted by Gasteiger charge is -2.22. The quantitative estimate of drug-likeness (QED) is 0.494. The highest BCUT2D eigenvalue weighted by Crippen LogP contribution is 2.35. The Bertz CT molecular complexity index is 217. The molecule has 0 bridgehead atoms. The molecule has 1 atom stereocenters. The molecule has 0 aromatic carbocycles. The molecule has 1 aliphatic heterocycles. The van der Waals surface area contributed by atoms with E-state index in [0.29, 0.717) is 0 Å². The molecule has 0 fully saturated rings. The van der Waals surface area contributed by atoms with Crippen LogP contribution in [0.15, 0.2) is 11.5 Å². The largest absolute Gasteiger partial charge is 0.316 e. The molecule has 0 aromatic rings. The van der Waals surface area contributed by atoms with E-state index < -0.39 is 0 Å². The molecule has 106 valence electrons. The minimum atomic E-state index is 0.0418. The second-order valence-corrected chi connectivity index (χ2v) is 7.01. The highest BCUT2D eigenvalue weighted by atomic mass is 32.2. The smallest absolute Gasteiger partial charge is 0.0695 e. The lowest BCUT2D eigenvalue weighted by Crippen LogP contribution is -2.32. The van der Waals surface area contributed by atoms with Crippen LogP contribution in [0, 0.1) is 0 Å². The van der Waals surface area contributed by atoms with Crippen molar-refractivity contribution in [3.63, 3.8) is 0 Å². The molecule has 1 aliphatic rings. The van der Waals surface area contributed by atoms with Crippen molar-refractivity contribution in [2.24, 2.45) is 5.73 Å². The van der Waals surface area contributed by atoms with E-state index in [2.05, 4.69) is 18.4 Å². The van der Waals surface area contributed by atoms with E-state index in [9.17, 15) is 0 Å². The highest BCUT2D eigenvalue weighted by molar-refractivity contribution is 8.03. The molecule has 0 spiro atoms. The summed E-state index contributed by atoms with van der Waals surface area (Å²) < 4.78 is 0. The normalized spacial score (nSPS) is 22.8. The standard InChI is InChI=1S/C16H31NS/c1-2-3-4-5-6-7-8-9-10-11-13-16(17)14-12-15-18-16/h12,15H,2-11,13-14,17H2,1H3. The van der Waals surface area contributed by atoms with E-state index in [-0.39, 0.29) is 4.87 Å². The number of rotatable bonds is 11. The van der Waals surface area contributed by atoms with Gasteiger partial charge in [-0.25, -0.2) is 0 Å². The maximum Gasteiger partial charge on any atom is 0.0695 e. The van der Waals surface area contributed by atoms with E-state index in [4.69, 9.17) is 5.73 Å². The average molecular weight is 269 g/mol. The molecule has 18 heavy (non-hydrogen) atoms. The van der Waals surface area contributed by atoms with Crippen LogP contribution in [0.1, 0.15) is 84.0 Å². The summed E-state index contributed by atoms with van der Waals surface area (Å²) in [4.78, 5) is 0.0418. The molecular formula is C16H31NS. The molecular weight excluding hydrogens is 238 g/mol. The molecule has 2 heteroatoms. The summed E-state index contributed by atoms with van der Waals surface area (Å²) in [5.41, 5.74) is 6.27. The molecule has 1 unspecified atom stereocenters. The van der Waals surface area contributed by atoms with Gasteiger partial charge in [0.1, 0.15) is 0 Å². The number of nitrogens with two attached hydrogens (primary N) is 1. The van der Waals surface area contributed by atoms with Crippen LogP contribution < -0.4 is 5.73 Å². The Labute approximate surface area is 118 Å². The summed E-state index contributed by atoms with van der Waals surface area (Å²) in [7, 11) is 0. The molecule has 1 heterocycles. The molecule has 0 aliphatic carbocycles. The van der Waals surface area contributed by atoms with Gasteiger partial charge in [0.2, 0.25) is 0 Å². The summed E-state index contributed by atoms with van der Waals surface area (Å²) in [5, 5.41) is 2.16. The van der Waals surface area contributed by atoms with Crippen LogP contribution in [-0.2, 0) is 0 Å². The minimum absolute atomic E-state index is 0.0418. The number of thioether (sulfide) groups is 1. The fourth-order valence-electron chi connectivity index (χ4n) is 2.55. The zero-order chi connectivity index (χ0) is 13.1. The van der Waals surface area contributed by atoms with Crippen molar-refractivity contribution in [1.29, 1.82) is 0 Å². The Morgan fingerprint density at radius 3 is 2.00 bits per heavy atom. The fraction of sp³-hybridized carbons (Fsp3) is 0.875. The fourth-order valence-corrected chi connectivity index (χ4v) is 3.47. The summed E-state index contributed by atoms with van der Waals surface area (Å²) in [6, 6.07) is 0. The molecule has 2 N–H and O–H groups in total. The number of hydrogen-bond acceptors (Lipinski definition) is 2. The average Bonchev–Trinajstić information content (AvgIpc) is 2.79. The lowest BCUT2D eigenvalue weighted by molar-refractivity contribution is 0.503. The van der Waals surface area contributed by atoms with Crippen molar-refractivity contribution in [3.8, 4) is 0 Å². The van der Waals surface area contributed by atoms with Gasteiger partial charge in [0.25, 0.3) is 0 Å². The first-order valence-corrected chi connectivity index (χ1v) is 8.76. The third kappa shape index (κ3) is 7.48. The van der Waals surface area contributed by atoms with Crippen molar-refractivity contribution in [2.75, 3.05) is 0 Å². The van der Waals surface area contributed by atoms with Gasteiger partial charge in [0.05, 0.1) is 4.87 Å². The first kappa shape index (κ1) is 16.1. The van der Waals surface area contributed by atoms with E-state index in [0.717, 1.165) is 6.42 Å². The van der Waals surface area contributed by atoms with Gasteiger partial charge in [-0.3, -0.25) is 0 Å². The van der Waals surface area contributed by atoms with Crippen molar-refractivity contribution in [2.45, 2.75) is 88.8 Å². The van der Waals surface area contributed by atoms with Crippen LogP contribution in [0.25, 0.3) is 0 Å². The first-order chi connectivity index (χ1) is 8.77. The maximum atomic E-state index is 6.27. The summed E-state index contributed by atoms with van der Waals surface area (Å²) in [5.74, 6) is 0. The van der Waals surface area contributed by atoms with Crippen LogP contribution in [-0.4, -0.2) is 4.87 Å². The van der Waals surface area contributed by atoms with Gasteiger partial charge in [0.15, 0.2) is 0 Å². The van der Waals surface area contributed by atoms with Crippen LogP contribution in [0.5, 0.6) is 0 Å². The minimum Gasteiger partial charge on any atom is -0.316 e. The Morgan fingerprint density at radius 2 is 1.50 bits per heavy atom. The molecule has 1 rings (SSSR count). The van der Waals surface area contributed by atoms with Crippen LogP contribution in [0.2, 0.25) is 0 Å². The third-order valence-corrected chi connectivity index (χ3v) is 4.98. The Hall–Kier alpha value is 0.0500. The van der Waals surface area contributed by atoms with Crippen LogP contribution in [0.4, 0.5) is 0 Å². The van der Waals surface area contributed by atoms with E-state index in [1.165, 1.54) is 70.6 Å². The topological polar surface area (TPSA) is 26.0 Å². The van der Waals surface area contributed by atoms with Gasteiger partial charge in [0, 0.05) is 0 Å². The van der Waals surface area contributed by atoms with Crippen molar-refractivity contribution >= 4 is 11.8 Å². The molecule has 0 saturated heterocycles. The lowest BCUT2D eigenvalue weighted by atomic mass is 10.0. The number of unbranched alkanes of at least 4 members (excludes halogenated alkanes) is 9. The predicted molar refractivity (Wildman–Crippen MR) is 84.7 cm³/mol. The Kier molecular flexibility index (Phi) is 8.87. The predicted octanol–water partition coefficient (Wildman–Crippen LogP) is 5.60. The van der Waals surface area contributed by atoms with Gasteiger partial charge < -0.3 is 5.73 Å². The van der Waals surface area contributed by atoms with E-state index >= 15 is 0 Å². The van der Waals surface area contributed by atoms with E-state index in [1.54, 1.807) is 0 Å². The Balaban J connectivity index is 1.79. The second-order valence-electron chi connectivity index (χ2n) is 5.69. The molecule has 0 amide bonds.